The monoisotopic (exact) mass is 946 g/mol. The number of para-hydroxylation sites is 1. The highest BCUT2D eigenvalue weighted by atomic mass is 16.3. The topological polar surface area (TPSA) is 33.3 Å². The molecule has 0 atom stereocenters. The number of rotatable bonds is 4. The van der Waals surface area contributed by atoms with Gasteiger partial charge in [-0.3, -0.25) is 0 Å². The van der Waals surface area contributed by atoms with Crippen LogP contribution in [0.4, 0.5) is 17.1 Å². The van der Waals surface area contributed by atoms with Crippen molar-refractivity contribution in [3.63, 3.8) is 0 Å². The number of anilines is 3. The molecule has 1 radical (unpaired) electrons. The van der Waals surface area contributed by atoms with Crippen LogP contribution in [0.25, 0.3) is 83.0 Å². The van der Waals surface area contributed by atoms with Crippen molar-refractivity contribution in [3.8, 4) is 27.9 Å². The van der Waals surface area contributed by atoms with E-state index in [0.29, 0.717) is 0 Å². The van der Waals surface area contributed by atoms with Crippen LogP contribution in [0.5, 0.6) is 0 Å². The summed E-state index contributed by atoms with van der Waals surface area (Å²) in [5, 5.41) is 8.68. The van der Waals surface area contributed by atoms with Gasteiger partial charge in [-0.05, 0) is 151 Å². The van der Waals surface area contributed by atoms with E-state index in [1.807, 2.05) is 0 Å². The molecule has 10 aromatic rings. The summed E-state index contributed by atoms with van der Waals surface area (Å²) in [6.45, 7) is 26.2. The van der Waals surface area contributed by atoms with E-state index in [1.165, 1.54) is 90.2 Å². The zero-order valence-electron chi connectivity index (χ0n) is 43.9. The van der Waals surface area contributed by atoms with Gasteiger partial charge in [0.2, 0.25) is 0 Å². The molecule has 4 nitrogen and oxygen atoms in total. The van der Waals surface area contributed by atoms with Gasteiger partial charge in [0.25, 0.3) is 0 Å². The highest BCUT2D eigenvalue weighted by Crippen LogP contribution is 2.56. The van der Waals surface area contributed by atoms with Crippen LogP contribution in [0.1, 0.15) is 114 Å². The number of aromatic nitrogens is 1. The molecule has 0 bridgehead atoms. The molecule has 0 saturated carbocycles. The third-order valence-electron chi connectivity index (χ3n) is 17.7. The first-order valence-electron chi connectivity index (χ1n) is 26.3. The van der Waals surface area contributed by atoms with E-state index in [4.69, 9.17) is 11.0 Å². The van der Waals surface area contributed by atoms with Crippen LogP contribution in [-0.2, 0) is 21.7 Å². The van der Waals surface area contributed by atoms with Crippen LogP contribution in [-0.4, -0.2) is 18.9 Å². The fourth-order valence-corrected chi connectivity index (χ4v) is 13.3. The smallest absolute Gasteiger partial charge is 0.197 e. The summed E-state index contributed by atoms with van der Waals surface area (Å²) >= 11 is 0. The van der Waals surface area contributed by atoms with Gasteiger partial charge in [0, 0.05) is 73.4 Å². The Morgan fingerprint density at radius 3 is 2.04 bits per heavy atom. The Hall–Kier alpha value is -7.50. The first kappa shape index (κ1) is 44.2. The minimum absolute atomic E-state index is 0.0508. The second-order valence-corrected chi connectivity index (χ2v) is 24.5. The number of hydrogen-bond acceptors (Lipinski definition) is 3. The van der Waals surface area contributed by atoms with Gasteiger partial charge in [0.1, 0.15) is 11.2 Å². The van der Waals surface area contributed by atoms with E-state index >= 15 is 0 Å². The highest BCUT2D eigenvalue weighted by Gasteiger charge is 2.43. The summed E-state index contributed by atoms with van der Waals surface area (Å²) in [7, 11) is 4.65. The molecule has 2 aliphatic heterocycles. The van der Waals surface area contributed by atoms with Gasteiger partial charge in [-0.15, -0.1) is 0 Å². The zero-order chi connectivity index (χ0) is 50.2. The molecule has 14 rings (SSSR count). The molecule has 0 saturated heterocycles. The second kappa shape index (κ2) is 14.8. The summed E-state index contributed by atoms with van der Waals surface area (Å²) in [4.78, 5) is 2.34. The van der Waals surface area contributed by atoms with Crippen molar-refractivity contribution in [2.75, 3.05) is 17.3 Å². The van der Waals surface area contributed by atoms with Crippen molar-refractivity contribution in [2.24, 2.45) is 0 Å². The molecule has 0 fully saturated rings. The second-order valence-electron chi connectivity index (χ2n) is 24.5. The third-order valence-corrected chi connectivity index (χ3v) is 17.7. The summed E-state index contributed by atoms with van der Waals surface area (Å²) in [6.07, 6.45) is 4.61. The fourth-order valence-electron chi connectivity index (χ4n) is 13.3. The summed E-state index contributed by atoms with van der Waals surface area (Å²) < 4.78 is 9.17. The average Bonchev–Trinajstić information content (AvgIpc) is 3.98. The highest BCUT2D eigenvalue weighted by molar-refractivity contribution is 6.73. The van der Waals surface area contributed by atoms with Crippen molar-refractivity contribution < 1.29 is 4.42 Å². The number of hydrogen-bond donors (Lipinski definition) is 1. The maximum atomic E-state index is 6.61. The lowest BCUT2D eigenvalue weighted by Gasteiger charge is -2.42. The molecule has 0 amide bonds. The first-order chi connectivity index (χ1) is 34.9. The van der Waals surface area contributed by atoms with Crippen LogP contribution >= 0.6 is 0 Å². The van der Waals surface area contributed by atoms with E-state index < -0.39 is 0 Å². The number of fused-ring (bicyclic) bond motifs is 13. The van der Waals surface area contributed by atoms with E-state index in [0.717, 1.165) is 72.5 Å². The molecule has 0 unspecified atom stereocenters. The van der Waals surface area contributed by atoms with Crippen molar-refractivity contribution in [2.45, 2.75) is 96.8 Å². The molecule has 2 aliphatic carbocycles. The Balaban J connectivity index is 1.04. The van der Waals surface area contributed by atoms with Crippen LogP contribution < -0.4 is 21.1 Å². The molecule has 8 aromatic carbocycles. The Bertz CT molecular complexity index is 4110. The number of nitrogens with zero attached hydrogens (tertiary/aromatic N) is 2. The number of nitrogens with one attached hydrogen (secondary N) is 1. The van der Waals surface area contributed by atoms with Crippen molar-refractivity contribution in [1.82, 2.24) is 4.57 Å². The molecule has 357 valence electrons. The normalized spacial score (nSPS) is 16.8. The minimum atomic E-state index is -0.206. The maximum Gasteiger partial charge on any atom is 0.197 e. The van der Waals surface area contributed by atoms with Crippen molar-refractivity contribution in [3.05, 3.63) is 191 Å². The van der Waals surface area contributed by atoms with Gasteiger partial charge in [-0.1, -0.05) is 159 Å². The zero-order valence-corrected chi connectivity index (χ0v) is 43.9. The van der Waals surface area contributed by atoms with Crippen LogP contribution in [0.15, 0.2) is 157 Å². The molecular formula is C68H61BN3O. The van der Waals surface area contributed by atoms with Gasteiger partial charge < -0.3 is 19.2 Å². The number of furan rings is 1. The number of benzene rings is 8. The van der Waals surface area contributed by atoms with Crippen molar-refractivity contribution >= 4 is 90.3 Å². The minimum Gasteiger partial charge on any atom is -0.456 e. The largest absolute Gasteiger partial charge is 0.456 e. The van der Waals surface area contributed by atoms with E-state index in [-0.39, 0.29) is 21.7 Å². The summed E-state index contributed by atoms with van der Waals surface area (Å²) in [5.74, 6) is 0. The van der Waals surface area contributed by atoms with Crippen LogP contribution in [0.2, 0.25) is 0 Å². The summed E-state index contributed by atoms with van der Waals surface area (Å²) in [6, 6.07) is 52.6. The van der Waals surface area contributed by atoms with Crippen molar-refractivity contribution in [1.29, 1.82) is 0 Å². The number of allylic oxidation sites excluding steroid dienone is 2. The molecule has 73 heavy (non-hydrogen) atoms. The van der Waals surface area contributed by atoms with Gasteiger partial charge in [0.15, 0.2) is 7.28 Å². The molecule has 1 N–H and O–H groups in total. The molecule has 0 spiro atoms. The Morgan fingerprint density at radius 1 is 0.589 bits per heavy atom. The third kappa shape index (κ3) is 6.33. The van der Waals surface area contributed by atoms with Crippen LogP contribution in [0.3, 0.4) is 0 Å². The van der Waals surface area contributed by atoms with E-state index in [2.05, 4.69) is 237 Å². The predicted molar refractivity (Wildman–Crippen MR) is 312 cm³/mol. The molecule has 2 aromatic heterocycles. The lowest BCUT2D eigenvalue weighted by atomic mass is 9.58. The quantitative estimate of drug-likeness (QED) is 0.179. The predicted octanol–water partition coefficient (Wildman–Crippen LogP) is 16.5. The molecular weight excluding hydrogens is 886 g/mol. The maximum absolute atomic E-state index is 6.61. The first-order valence-corrected chi connectivity index (χ1v) is 26.3. The Kier molecular flexibility index (Phi) is 8.98. The van der Waals surface area contributed by atoms with Gasteiger partial charge in [0.05, 0.1) is 11.2 Å². The van der Waals surface area contributed by atoms with E-state index in [9.17, 15) is 0 Å². The van der Waals surface area contributed by atoms with Gasteiger partial charge >= 0.3 is 0 Å². The lowest BCUT2D eigenvalue weighted by molar-refractivity contribution is 0.331. The lowest BCUT2D eigenvalue weighted by Crippen LogP contribution is -2.38. The molecule has 4 aliphatic rings. The fraction of sp³-hybridized carbons (Fsp3) is 0.235. The SMILES string of the molecule is C=C1C=C(c2ccccc2)N(C)c2cc3c(cc21)[B]c1c(-c2cc4c(cc2Nc2ccc(C(C)(C)C)cc2)C(C)(C)c2cc5c(cc2-4)C(C)(C)CCC5(C)C)ccc2c4cc5oc6ccccc6c5cc4n-3c12. The average molecular weight is 947 g/mol. The standard InChI is InChI=1S/C68H61BN3O/c1-38-29-57(39-17-13-12-14-18-39)71(11)58-37-60-55(32-45(38)58)69-63-43(25-26-44-49-34-62-50(33-59(49)72(60)64(44)63)42-19-15-16-20-61(42)73-62)48-30-46-47-31-53-54(67(7,8)28-27-66(53,5)6)35-51(47)68(9,10)52(46)36-56(48)70-41-23-21-40(22-24-41)65(2,3)4/h12-26,29-37,70H,1,27-28H2,2-11H3. The summed E-state index contributed by atoms with van der Waals surface area (Å²) in [5.41, 5.74) is 27.7. The Morgan fingerprint density at radius 2 is 1.29 bits per heavy atom. The molecule has 5 heteroatoms. The van der Waals surface area contributed by atoms with Crippen LogP contribution in [0, 0.1) is 0 Å². The van der Waals surface area contributed by atoms with Gasteiger partial charge in [-0.2, -0.15) is 0 Å². The van der Waals surface area contributed by atoms with E-state index in [1.54, 1.807) is 0 Å². The Labute approximate surface area is 430 Å². The molecule has 4 heterocycles. The van der Waals surface area contributed by atoms with Gasteiger partial charge in [-0.25, -0.2) is 0 Å².